The molecule has 1 aliphatic carbocycles. The first-order valence-electron chi connectivity index (χ1n) is 6.89. The van der Waals surface area contributed by atoms with Crippen LogP contribution in [0.5, 0.6) is 0 Å². The van der Waals surface area contributed by atoms with Crippen LogP contribution in [-0.2, 0) is 10.0 Å². The van der Waals surface area contributed by atoms with E-state index in [2.05, 4.69) is 9.71 Å². The van der Waals surface area contributed by atoms with E-state index in [1.165, 1.54) is 0 Å². The Hall–Kier alpha value is -1.40. The summed E-state index contributed by atoms with van der Waals surface area (Å²) in [7, 11) is -3.45. The molecule has 2 atom stereocenters. The molecule has 1 aromatic rings. The quantitative estimate of drug-likeness (QED) is 0.877. The third-order valence-corrected chi connectivity index (χ3v) is 5.59. The van der Waals surface area contributed by atoms with E-state index in [9.17, 15) is 13.5 Å². The average Bonchev–Trinajstić information content (AvgIpc) is 3.00. The lowest BCUT2D eigenvalue weighted by Gasteiger charge is -2.14. The van der Waals surface area contributed by atoms with E-state index in [1.807, 2.05) is 6.07 Å². The average molecular weight is 294 g/mol. The molecule has 0 saturated heterocycles. The Kier molecular flexibility index (Phi) is 3.52. The van der Waals surface area contributed by atoms with E-state index in [-0.39, 0.29) is 6.61 Å². The van der Waals surface area contributed by atoms with Crippen molar-refractivity contribution in [2.45, 2.75) is 24.2 Å². The van der Waals surface area contributed by atoms with Crippen LogP contribution in [-0.4, -0.2) is 32.5 Å². The van der Waals surface area contributed by atoms with E-state index in [0.717, 1.165) is 19.3 Å². The molecule has 0 radical (unpaired) electrons. The van der Waals surface area contributed by atoms with Crippen molar-refractivity contribution in [2.24, 2.45) is 16.8 Å². The van der Waals surface area contributed by atoms with Crippen LogP contribution in [0.25, 0.3) is 0 Å². The zero-order chi connectivity index (χ0) is 14.2. The third-order valence-electron chi connectivity index (χ3n) is 4.20. The van der Waals surface area contributed by atoms with Crippen molar-refractivity contribution in [1.82, 2.24) is 4.72 Å². The summed E-state index contributed by atoms with van der Waals surface area (Å²) in [5.41, 5.74) is 0.644. The van der Waals surface area contributed by atoms with Gasteiger partial charge in [-0.2, -0.15) is 0 Å². The number of benzene rings is 1. The second-order valence-electron chi connectivity index (χ2n) is 5.42. The van der Waals surface area contributed by atoms with Crippen molar-refractivity contribution >= 4 is 15.9 Å². The summed E-state index contributed by atoms with van der Waals surface area (Å²) in [6, 6.07) is 6.87. The molecular formula is C14H18N2O3S. The summed E-state index contributed by atoms with van der Waals surface area (Å²) in [4.78, 5) is 4.75. The maximum atomic E-state index is 11.9. The fraction of sp³-hybridized carbons (Fsp3) is 0.500. The van der Waals surface area contributed by atoms with Crippen LogP contribution in [0.1, 0.15) is 24.8 Å². The lowest BCUT2D eigenvalue weighted by Crippen LogP contribution is -2.24. The summed E-state index contributed by atoms with van der Waals surface area (Å²) in [5, 5.41) is 9.31. The second-order valence-corrected chi connectivity index (χ2v) is 7.08. The van der Waals surface area contributed by atoms with Crippen LogP contribution in [0, 0.1) is 11.8 Å². The summed E-state index contributed by atoms with van der Waals surface area (Å²) in [6.45, 7) is 0.759. The Labute approximate surface area is 118 Å². The Morgan fingerprint density at radius 1 is 1.25 bits per heavy atom. The number of aliphatic hydroxyl groups excluding tert-OH is 1. The van der Waals surface area contributed by atoms with E-state index >= 15 is 0 Å². The lowest BCUT2D eigenvalue weighted by molar-refractivity contribution is 0.197. The van der Waals surface area contributed by atoms with Gasteiger partial charge in [-0.25, -0.2) is 8.42 Å². The summed E-state index contributed by atoms with van der Waals surface area (Å²) in [5.74, 6) is 1.08. The molecule has 1 heterocycles. The van der Waals surface area contributed by atoms with E-state index in [1.54, 1.807) is 18.2 Å². The first kappa shape index (κ1) is 13.6. The highest BCUT2D eigenvalue weighted by Gasteiger charge is 2.31. The van der Waals surface area contributed by atoms with Gasteiger partial charge in [0, 0.05) is 18.7 Å². The number of aliphatic hydroxyl groups is 1. The molecular weight excluding hydrogens is 276 g/mol. The molecule has 6 heteroatoms. The normalized spacial score (nSPS) is 29.4. The molecule has 1 saturated carbocycles. The number of nitrogens with zero attached hydrogens (tertiary/aromatic N) is 1. The van der Waals surface area contributed by atoms with Crippen molar-refractivity contribution in [1.29, 1.82) is 0 Å². The third kappa shape index (κ3) is 2.33. The smallest absolute Gasteiger partial charge is 0.263 e. The van der Waals surface area contributed by atoms with Crippen LogP contribution in [0.3, 0.4) is 0 Å². The molecule has 2 aliphatic rings. The molecule has 108 valence electrons. The first-order valence-corrected chi connectivity index (χ1v) is 8.37. The number of fused-ring (bicyclic) bond motifs is 1. The predicted molar refractivity (Wildman–Crippen MR) is 76.1 cm³/mol. The number of hydrogen-bond donors (Lipinski definition) is 2. The molecule has 1 fully saturated rings. The Balaban J connectivity index is 1.84. The van der Waals surface area contributed by atoms with Gasteiger partial charge in [0.2, 0.25) is 0 Å². The molecule has 0 amide bonds. The van der Waals surface area contributed by atoms with Gasteiger partial charge in [-0.3, -0.25) is 9.71 Å². The highest BCUT2D eigenvalue weighted by Crippen LogP contribution is 2.32. The minimum Gasteiger partial charge on any atom is -0.396 e. The zero-order valence-electron chi connectivity index (χ0n) is 11.1. The maximum Gasteiger partial charge on any atom is 0.263 e. The molecule has 0 aromatic heterocycles. The minimum atomic E-state index is -3.45. The fourth-order valence-electron chi connectivity index (χ4n) is 3.05. The van der Waals surface area contributed by atoms with Crippen LogP contribution in [0.4, 0.5) is 0 Å². The maximum absolute atomic E-state index is 11.9. The van der Waals surface area contributed by atoms with Gasteiger partial charge in [0.15, 0.2) is 0 Å². The Morgan fingerprint density at radius 3 is 2.80 bits per heavy atom. The lowest BCUT2D eigenvalue weighted by atomic mass is 9.97. The molecule has 1 aliphatic heterocycles. The number of nitrogens with one attached hydrogen (secondary N) is 1. The number of aliphatic imine (C=N–C) groups is 1. The van der Waals surface area contributed by atoms with Gasteiger partial charge < -0.3 is 5.11 Å². The van der Waals surface area contributed by atoms with Gasteiger partial charge >= 0.3 is 0 Å². The SMILES string of the molecule is O=S1(=O)NC(=NCC2CCCC2CO)c2ccccc21. The minimum absolute atomic E-state index is 0.192. The Morgan fingerprint density at radius 2 is 2.00 bits per heavy atom. The number of amidine groups is 1. The fourth-order valence-corrected chi connectivity index (χ4v) is 4.31. The van der Waals surface area contributed by atoms with Gasteiger partial charge in [-0.1, -0.05) is 18.6 Å². The molecule has 0 bridgehead atoms. The van der Waals surface area contributed by atoms with Gasteiger partial charge in [-0.15, -0.1) is 0 Å². The van der Waals surface area contributed by atoms with Crippen molar-refractivity contribution in [3.05, 3.63) is 29.8 Å². The van der Waals surface area contributed by atoms with Crippen LogP contribution in [0.2, 0.25) is 0 Å². The molecule has 3 rings (SSSR count). The standard InChI is InChI=1S/C14H18N2O3S/c17-9-11-5-3-4-10(11)8-15-14-12-6-1-2-7-13(12)20(18,19)16-14/h1-2,6-7,10-11,17H,3-5,8-9H2,(H,15,16). The number of sulfonamides is 1. The van der Waals surface area contributed by atoms with E-state index in [4.69, 9.17) is 0 Å². The largest absolute Gasteiger partial charge is 0.396 e. The topological polar surface area (TPSA) is 78.8 Å². The van der Waals surface area contributed by atoms with E-state index < -0.39 is 10.0 Å². The van der Waals surface area contributed by atoms with E-state index in [0.29, 0.717) is 34.7 Å². The van der Waals surface area contributed by atoms with Crippen molar-refractivity contribution in [3.8, 4) is 0 Å². The van der Waals surface area contributed by atoms with Crippen LogP contribution in [0.15, 0.2) is 34.2 Å². The van der Waals surface area contributed by atoms with Crippen LogP contribution < -0.4 is 4.72 Å². The van der Waals surface area contributed by atoms with Gasteiger partial charge in [0.25, 0.3) is 10.0 Å². The second kappa shape index (κ2) is 5.18. The monoisotopic (exact) mass is 294 g/mol. The number of hydrogen-bond acceptors (Lipinski definition) is 4. The summed E-state index contributed by atoms with van der Waals surface area (Å²) >= 11 is 0. The van der Waals surface area contributed by atoms with Crippen molar-refractivity contribution < 1.29 is 13.5 Å². The highest BCUT2D eigenvalue weighted by molar-refractivity contribution is 7.90. The molecule has 0 spiro atoms. The van der Waals surface area contributed by atoms with Crippen LogP contribution >= 0.6 is 0 Å². The van der Waals surface area contributed by atoms with Gasteiger partial charge in [-0.05, 0) is 36.8 Å². The molecule has 2 N–H and O–H groups in total. The molecule has 20 heavy (non-hydrogen) atoms. The van der Waals surface area contributed by atoms with Gasteiger partial charge in [0.1, 0.15) is 5.84 Å². The predicted octanol–water partition coefficient (Wildman–Crippen LogP) is 1.13. The molecule has 5 nitrogen and oxygen atoms in total. The zero-order valence-corrected chi connectivity index (χ0v) is 11.9. The highest BCUT2D eigenvalue weighted by atomic mass is 32.2. The van der Waals surface area contributed by atoms with Gasteiger partial charge in [0.05, 0.1) is 4.90 Å². The number of rotatable bonds is 3. The summed E-state index contributed by atoms with van der Waals surface area (Å²) < 4.78 is 26.4. The van der Waals surface area contributed by atoms with Crippen molar-refractivity contribution in [2.75, 3.05) is 13.2 Å². The Bertz CT molecular complexity index is 640. The van der Waals surface area contributed by atoms with Crippen molar-refractivity contribution in [3.63, 3.8) is 0 Å². The molecule has 2 unspecified atom stereocenters. The summed E-state index contributed by atoms with van der Waals surface area (Å²) in [6.07, 6.45) is 3.20. The molecule has 1 aromatic carbocycles. The first-order chi connectivity index (χ1) is 9.62.